The number of nitrogens with zero attached hydrogens (tertiary/aromatic N) is 4. The highest BCUT2D eigenvalue weighted by atomic mass is 32.2. The van der Waals surface area contributed by atoms with Gasteiger partial charge < -0.3 is 44.3 Å². The van der Waals surface area contributed by atoms with E-state index in [2.05, 4.69) is 20.7 Å². The van der Waals surface area contributed by atoms with Gasteiger partial charge in [-0.25, -0.2) is 4.79 Å². The van der Waals surface area contributed by atoms with Crippen molar-refractivity contribution in [3.8, 4) is 0 Å². The quantitative estimate of drug-likeness (QED) is 0.0427. The van der Waals surface area contributed by atoms with Crippen molar-refractivity contribution in [1.82, 2.24) is 15.5 Å². The van der Waals surface area contributed by atoms with Crippen molar-refractivity contribution in [2.45, 2.75) is 49.4 Å². The average molecular weight is 605 g/mol. The number of amides is 3. The van der Waals surface area contributed by atoms with Crippen LogP contribution in [0.25, 0.3) is 10.4 Å². The molecule has 2 fully saturated rings. The molecule has 2 aliphatic rings. The second kappa shape index (κ2) is 22.3. The number of nitrogens with one attached hydrogen (secondary N) is 2. The zero-order chi connectivity index (χ0) is 29.5. The molecule has 3 amide bonds. The largest absolute Gasteiger partial charge is 0.481 e. The Balaban J connectivity index is 1.60. The molecule has 0 spiro atoms. The highest BCUT2D eigenvalue weighted by Crippen LogP contribution is 2.33. The number of carbonyl (C=O) groups excluding carboxylic acids is 2. The summed E-state index contributed by atoms with van der Waals surface area (Å²) in [6, 6.07) is 0.285. The van der Waals surface area contributed by atoms with Crippen LogP contribution in [-0.2, 0) is 33.3 Å². The third-order valence-electron chi connectivity index (χ3n) is 6.41. The van der Waals surface area contributed by atoms with Gasteiger partial charge in [0, 0.05) is 42.0 Å². The number of fused-ring (bicyclic) bond motifs is 1. The van der Waals surface area contributed by atoms with E-state index in [1.165, 1.54) is 0 Å². The summed E-state index contributed by atoms with van der Waals surface area (Å²) in [5.41, 5.74) is 8.25. The van der Waals surface area contributed by atoms with Gasteiger partial charge in [0.1, 0.15) is 0 Å². The van der Waals surface area contributed by atoms with Gasteiger partial charge in [0.25, 0.3) is 0 Å². The molecule has 16 heteroatoms. The Kier molecular flexibility index (Phi) is 19.0. The van der Waals surface area contributed by atoms with Gasteiger partial charge in [0.2, 0.25) is 5.91 Å². The van der Waals surface area contributed by atoms with E-state index in [4.69, 9.17) is 34.3 Å². The molecular weight excluding hydrogens is 560 g/mol. The summed E-state index contributed by atoms with van der Waals surface area (Å²) in [5, 5.41) is 18.3. The van der Waals surface area contributed by atoms with Gasteiger partial charge in [-0.3, -0.25) is 9.59 Å². The van der Waals surface area contributed by atoms with Crippen LogP contribution in [0.3, 0.4) is 0 Å². The Morgan fingerprint density at radius 2 is 1.51 bits per heavy atom. The number of ether oxygens (including phenoxy) is 5. The summed E-state index contributed by atoms with van der Waals surface area (Å²) in [6.45, 7) is 4.52. The van der Waals surface area contributed by atoms with Crippen LogP contribution in [0, 0.1) is 0 Å². The first-order chi connectivity index (χ1) is 20.0. The molecule has 2 heterocycles. The second-order valence-corrected chi connectivity index (χ2v) is 10.7. The number of azide groups is 1. The Hall–Kier alpha value is -2.33. The summed E-state index contributed by atoms with van der Waals surface area (Å²) >= 11 is 1.87. The van der Waals surface area contributed by atoms with E-state index in [9.17, 15) is 14.4 Å². The zero-order valence-corrected chi connectivity index (χ0v) is 24.4. The molecule has 2 saturated heterocycles. The molecule has 0 aromatic heterocycles. The maximum Gasteiger partial charge on any atom is 0.315 e. The standard InChI is InChI=1S/C25H44N6O9S/c26-30-27-6-10-37-14-15-38-11-7-31(8-12-39-16-18-40-17-13-36-9-5-23(33)34)22(32)4-2-1-3-21-24-20(19-41-21)28-25(35)29-24/h20-21,24H,1-19H2,(H,33,34)(H2,28,29,35)/t20-,21-,24-/m1/s1. The number of rotatable bonds is 26. The van der Waals surface area contributed by atoms with Crippen LogP contribution < -0.4 is 10.6 Å². The smallest absolute Gasteiger partial charge is 0.315 e. The summed E-state index contributed by atoms with van der Waals surface area (Å²) in [6.07, 6.45) is 3.04. The molecule has 3 atom stereocenters. The van der Waals surface area contributed by atoms with Crippen molar-refractivity contribution < 1.29 is 43.2 Å². The topological polar surface area (TPSA) is 194 Å². The number of hydrogen-bond acceptors (Lipinski definition) is 10. The molecule has 234 valence electrons. The molecule has 0 aromatic rings. The minimum absolute atomic E-state index is 0.0339. The van der Waals surface area contributed by atoms with Crippen LogP contribution in [-0.4, -0.2) is 137 Å². The fourth-order valence-corrected chi connectivity index (χ4v) is 5.85. The lowest BCUT2D eigenvalue weighted by atomic mass is 10.0. The van der Waals surface area contributed by atoms with Crippen LogP contribution in [0.1, 0.15) is 32.1 Å². The average Bonchev–Trinajstić information content (AvgIpc) is 3.50. The maximum atomic E-state index is 13.0. The SMILES string of the molecule is [N-]=[N+]=NCCOCCOCCN(CCOCCOCCOCCC(=O)O)C(=O)CCCC[C@H]1SC[C@H]2NC(=O)N[C@H]21. The van der Waals surface area contributed by atoms with Crippen molar-refractivity contribution in [3.05, 3.63) is 10.4 Å². The molecule has 2 rings (SSSR count). The molecule has 2 aliphatic heterocycles. The fraction of sp³-hybridized carbons (Fsp3) is 0.880. The first-order valence-electron chi connectivity index (χ1n) is 14.1. The van der Waals surface area contributed by atoms with E-state index in [0.29, 0.717) is 84.2 Å². The predicted octanol–water partition coefficient (Wildman–Crippen LogP) is 1.41. The predicted molar refractivity (Wildman–Crippen MR) is 151 cm³/mol. The molecule has 0 aromatic carbocycles. The number of carbonyl (C=O) groups is 3. The van der Waals surface area contributed by atoms with Gasteiger partial charge in [-0.05, 0) is 18.4 Å². The highest BCUT2D eigenvalue weighted by molar-refractivity contribution is 8.00. The molecular formula is C25H44N6O9S. The maximum absolute atomic E-state index is 13.0. The lowest BCUT2D eigenvalue weighted by Gasteiger charge is -2.23. The third kappa shape index (κ3) is 16.0. The lowest BCUT2D eigenvalue weighted by Crippen LogP contribution is -2.37. The monoisotopic (exact) mass is 604 g/mol. The summed E-state index contributed by atoms with van der Waals surface area (Å²) in [7, 11) is 0. The van der Waals surface area contributed by atoms with E-state index in [-0.39, 0.29) is 43.6 Å². The molecule has 0 unspecified atom stereocenters. The minimum Gasteiger partial charge on any atom is -0.481 e. The zero-order valence-electron chi connectivity index (χ0n) is 23.6. The number of unbranched alkanes of at least 4 members (excludes halogenated alkanes) is 1. The van der Waals surface area contributed by atoms with Crippen LogP contribution in [0.2, 0.25) is 0 Å². The van der Waals surface area contributed by atoms with E-state index < -0.39 is 5.97 Å². The van der Waals surface area contributed by atoms with Gasteiger partial charge in [0.15, 0.2) is 0 Å². The van der Waals surface area contributed by atoms with Crippen molar-refractivity contribution in [2.75, 3.05) is 91.5 Å². The molecule has 0 saturated carbocycles. The van der Waals surface area contributed by atoms with Gasteiger partial charge in [-0.15, -0.1) is 0 Å². The summed E-state index contributed by atoms with van der Waals surface area (Å²) in [4.78, 5) is 39.4. The van der Waals surface area contributed by atoms with Crippen molar-refractivity contribution >= 4 is 29.7 Å². The van der Waals surface area contributed by atoms with Crippen molar-refractivity contribution in [1.29, 1.82) is 0 Å². The Labute approximate surface area is 244 Å². The fourth-order valence-electron chi connectivity index (χ4n) is 4.31. The first-order valence-corrected chi connectivity index (χ1v) is 15.1. The van der Waals surface area contributed by atoms with E-state index in [1.807, 2.05) is 11.8 Å². The molecule has 0 aliphatic carbocycles. The molecule has 41 heavy (non-hydrogen) atoms. The Morgan fingerprint density at radius 3 is 2.15 bits per heavy atom. The molecule has 0 radical (unpaired) electrons. The first kappa shape index (κ1) is 34.9. The summed E-state index contributed by atoms with van der Waals surface area (Å²) < 4.78 is 27.1. The minimum atomic E-state index is -0.898. The number of carboxylic acids is 1. The number of aliphatic carboxylic acids is 1. The van der Waals surface area contributed by atoms with Gasteiger partial charge in [-0.2, -0.15) is 11.8 Å². The van der Waals surface area contributed by atoms with E-state index in [1.54, 1.807) is 4.90 Å². The molecule has 15 nitrogen and oxygen atoms in total. The van der Waals surface area contributed by atoms with E-state index >= 15 is 0 Å². The Morgan fingerprint density at radius 1 is 0.902 bits per heavy atom. The Bertz CT molecular complexity index is 820. The van der Waals surface area contributed by atoms with Gasteiger partial charge >= 0.3 is 12.0 Å². The third-order valence-corrected chi connectivity index (χ3v) is 7.92. The van der Waals surface area contributed by atoms with Crippen molar-refractivity contribution in [3.63, 3.8) is 0 Å². The van der Waals surface area contributed by atoms with Gasteiger partial charge in [-0.1, -0.05) is 11.5 Å². The highest BCUT2D eigenvalue weighted by Gasteiger charge is 2.42. The molecule has 0 bridgehead atoms. The lowest BCUT2D eigenvalue weighted by molar-refractivity contribution is -0.138. The van der Waals surface area contributed by atoms with Crippen molar-refractivity contribution in [2.24, 2.45) is 5.11 Å². The van der Waals surface area contributed by atoms with Crippen LogP contribution in [0.15, 0.2) is 5.11 Å². The second-order valence-electron chi connectivity index (χ2n) is 9.41. The van der Waals surface area contributed by atoms with Crippen LogP contribution in [0.4, 0.5) is 4.79 Å². The number of urea groups is 1. The van der Waals surface area contributed by atoms with Crippen LogP contribution in [0.5, 0.6) is 0 Å². The normalized spacial score (nSPS) is 19.3. The van der Waals surface area contributed by atoms with Gasteiger partial charge in [0.05, 0.1) is 84.6 Å². The number of carboxylic acid groups (broad SMARTS) is 1. The molecule has 3 N–H and O–H groups in total. The number of hydrogen-bond donors (Lipinski definition) is 3. The van der Waals surface area contributed by atoms with E-state index in [0.717, 1.165) is 25.0 Å². The summed E-state index contributed by atoms with van der Waals surface area (Å²) in [5.74, 6) is 0.0709. The van der Waals surface area contributed by atoms with Crippen LogP contribution >= 0.6 is 11.8 Å². The number of thioether (sulfide) groups is 1.